The van der Waals surface area contributed by atoms with Crippen molar-refractivity contribution < 1.29 is 20.1 Å². The van der Waals surface area contributed by atoms with Crippen LogP contribution in [0.3, 0.4) is 0 Å². The number of fused-ring (bicyclic) bond motifs is 3. The normalized spacial score (nSPS) is 10.8. The van der Waals surface area contributed by atoms with Gasteiger partial charge in [0.05, 0.1) is 11.3 Å². The van der Waals surface area contributed by atoms with Gasteiger partial charge in [0.15, 0.2) is 0 Å². The molecule has 0 aliphatic carbocycles. The molecule has 0 unspecified atom stereocenters. The van der Waals surface area contributed by atoms with E-state index in [1.807, 2.05) is 42.7 Å². The molecule has 0 aliphatic heterocycles. The van der Waals surface area contributed by atoms with Crippen LogP contribution in [0.2, 0.25) is 0 Å². The van der Waals surface area contributed by atoms with Crippen molar-refractivity contribution in [1.82, 2.24) is 15.0 Å². The summed E-state index contributed by atoms with van der Waals surface area (Å²) in [4.78, 5) is 13.9. The second kappa shape index (κ2) is 13.9. The average Bonchev–Trinajstić information content (AvgIpc) is 3.06. The Hall–Kier alpha value is -4.50. The summed E-state index contributed by atoms with van der Waals surface area (Å²) >= 11 is 0. The second-order valence-corrected chi connectivity index (χ2v) is 11.1. The number of aryl methyl sites for hydroxylation is 2. The summed E-state index contributed by atoms with van der Waals surface area (Å²) in [5, 5.41) is 3.38. The first-order chi connectivity index (χ1) is 21.0. The zero-order valence-corrected chi connectivity index (χ0v) is 27.7. The minimum atomic E-state index is 0. The van der Waals surface area contributed by atoms with E-state index in [1.54, 1.807) is 0 Å². The van der Waals surface area contributed by atoms with Crippen LogP contribution in [-0.2, 0) is 20.1 Å². The van der Waals surface area contributed by atoms with Gasteiger partial charge in [-0.1, -0.05) is 86.1 Å². The Kier molecular flexibility index (Phi) is 9.75. The molecule has 2 aromatic heterocycles. The zero-order chi connectivity index (χ0) is 29.8. The maximum absolute atomic E-state index is 4.90. The summed E-state index contributed by atoms with van der Waals surface area (Å²) in [5.41, 5.74) is 10.1. The van der Waals surface area contributed by atoms with Gasteiger partial charge in [-0.25, -0.2) is 0 Å². The van der Waals surface area contributed by atoms with Gasteiger partial charge in [0, 0.05) is 43.3 Å². The molecule has 7 rings (SSSR count). The third-order valence-electron chi connectivity index (χ3n) is 7.79. The summed E-state index contributed by atoms with van der Waals surface area (Å²) < 4.78 is 0. The smallest absolute Gasteiger partial charge is 0.0756 e. The van der Waals surface area contributed by atoms with E-state index in [0.29, 0.717) is 11.7 Å². The fraction of sp³-hybridized carbons (Fsp3) is 0.125. The van der Waals surface area contributed by atoms with Gasteiger partial charge in [0.2, 0.25) is 0 Å². The monoisotopic (exact) mass is 748 g/mol. The van der Waals surface area contributed by atoms with Gasteiger partial charge in [0.25, 0.3) is 0 Å². The predicted octanol–water partition coefficient (Wildman–Crippen LogP) is 10.2. The van der Waals surface area contributed by atoms with E-state index in [-0.39, 0.29) is 20.1 Å². The van der Waals surface area contributed by atoms with Gasteiger partial charge < -0.3 is 4.98 Å². The van der Waals surface area contributed by atoms with Crippen molar-refractivity contribution in [2.45, 2.75) is 33.6 Å². The number of hydrogen-bond acceptors (Lipinski definition) is 3. The molecular weight excluding hydrogens is 715 g/mol. The average molecular weight is 748 g/mol. The van der Waals surface area contributed by atoms with Crippen LogP contribution < -0.4 is 0 Å². The molecule has 3 nitrogen and oxygen atoms in total. The van der Waals surface area contributed by atoms with Crippen LogP contribution >= 0.6 is 0 Å². The van der Waals surface area contributed by atoms with E-state index >= 15 is 0 Å². The van der Waals surface area contributed by atoms with Crippen molar-refractivity contribution in [1.29, 1.82) is 0 Å². The summed E-state index contributed by atoms with van der Waals surface area (Å²) in [6.45, 7) is 8.60. The van der Waals surface area contributed by atoms with E-state index in [0.717, 1.165) is 38.7 Å². The fourth-order valence-corrected chi connectivity index (χ4v) is 5.06. The van der Waals surface area contributed by atoms with E-state index in [9.17, 15) is 0 Å². The topological polar surface area (TPSA) is 38.7 Å². The van der Waals surface area contributed by atoms with Gasteiger partial charge in [-0.2, -0.15) is 0 Å². The molecule has 0 fully saturated rings. The molecule has 0 atom stereocenters. The van der Waals surface area contributed by atoms with Crippen LogP contribution in [0.25, 0.3) is 55.4 Å². The Labute approximate surface area is 273 Å². The van der Waals surface area contributed by atoms with Gasteiger partial charge in [0.1, 0.15) is 0 Å². The summed E-state index contributed by atoms with van der Waals surface area (Å²) in [6, 6.07) is 44.0. The maximum atomic E-state index is 4.90. The number of nitrogens with zero attached hydrogens (tertiary/aromatic N) is 3. The molecule has 0 spiro atoms. The molecule has 0 bridgehead atoms. The second-order valence-electron chi connectivity index (χ2n) is 11.1. The first kappa shape index (κ1) is 30.9. The van der Waals surface area contributed by atoms with Crippen molar-refractivity contribution in [3.63, 3.8) is 0 Å². The molecule has 5 aromatic carbocycles. The van der Waals surface area contributed by atoms with Crippen LogP contribution in [0.1, 0.15) is 36.5 Å². The van der Waals surface area contributed by atoms with Crippen molar-refractivity contribution in [3.8, 4) is 33.8 Å². The zero-order valence-electron chi connectivity index (χ0n) is 25.3. The molecule has 1 radical (unpaired) electrons. The SMILES string of the molecule is CC(C)c1ccc(-c2cc[c-]c(-c3ncc4ccc5ccccc5c4n3)c2)cc1.Cc1cnc(-c2[c-]cccc2)cc1C.[Ir]. The Morgan fingerprint density at radius 2 is 1.36 bits per heavy atom. The van der Waals surface area contributed by atoms with Crippen LogP contribution in [0.4, 0.5) is 0 Å². The number of pyridine rings is 1. The van der Waals surface area contributed by atoms with Gasteiger partial charge in [-0.15, -0.1) is 71.3 Å². The third kappa shape index (κ3) is 6.83. The molecule has 219 valence electrons. The first-order valence-electron chi connectivity index (χ1n) is 14.6. The molecule has 44 heavy (non-hydrogen) atoms. The molecule has 0 amide bonds. The van der Waals surface area contributed by atoms with E-state index < -0.39 is 0 Å². The molecule has 0 saturated carbocycles. The van der Waals surface area contributed by atoms with Crippen LogP contribution in [0, 0.1) is 26.0 Å². The molecule has 0 saturated heterocycles. The first-order valence-corrected chi connectivity index (χ1v) is 14.6. The largest absolute Gasteiger partial charge is 0.304 e. The molecule has 4 heteroatoms. The molecule has 2 heterocycles. The maximum Gasteiger partial charge on any atom is 0.0756 e. The van der Waals surface area contributed by atoms with E-state index in [1.165, 1.54) is 27.6 Å². The number of rotatable bonds is 4. The van der Waals surface area contributed by atoms with Crippen LogP contribution in [0.15, 0.2) is 122 Å². The van der Waals surface area contributed by atoms with Crippen LogP contribution in [0.5, 0.6) is 0 Å². The van der Waals surface area contributed by atoms with Crippen LogP contribution in [-0.4, -0.2) is 15.0 Å². The van der Waals surface area contributed by atoms with Crippen molar-refractivity contribution >= 4 is 21.7 Å². The molecule has 7 aromatic rings. The van der Waals surface area contributed by atoms with Gasteiger partial charge >= 0.3 is 0 Å². The minimum Gasteiger partial charge on any atom is -0.304 e. The van der Waals surface area contributed by atoms with Crippen molar-refractivity contribution in [2.75, 3.05) is 0 Å². The number of hydrogen-bond donors (Lipinski definition) is 0. The number of aromatic nitrogens is 3. The standard InChI is InChI=1S/C27H21N2.C13H12N.Ir/c1-18(2)19-10-12-20(13-11-19)22-7-5-8-23(16-22)27-28-17-24-15-14-21-6-3-4-9-25(21)26(24)29-27;1-10-8-13(14-9-11(10)2)12-6-4-3-5-7-12;/h3-7,9-18H,1-2H3;3-6,8-9H,1-2H3;/q2*-1;. The minimum absolute atomic E-state index is 0. The Morgan fingerprint density at radius 1 is 0.614 bits per heavy atom. The number of benzene rings is 5. The Morgan fingerprint density at radius 3 is 2.11 bits per heavy atom. The fourth-order valence-electron chi connectivity index (χ4n) is 5.06. The summed E-state index contributed by atoms with van der Waals surface area (Å²) in [6.07, 6.45) is 3.81. The molecule has 0 N–H and O–H groups in total. The molecule has 0 aliphatic rings. The van der Waals surface area contributed by atoms with E-state index in [4.69, 9.17) is 4.98 Å². The third-order valence-corrected chi connectivity index (χ3v) is 7.79. The predicted molar refractivity (Wildman–Crippen MR) is 179 cm³/mol. The summed E-state index contributed by atoms with van der Waals surface area (Å²) in [7, 11) is 0. The van der Waals surface area contributed by atoms with Gasteiger partial charge in [-0.3, -0.25) is 9.97 Å². The molecular formula is C40H33IrN3-2. The van der Waals surface area contributed by atoms with Crippen molar-refractivity contribution in [2.24, 2.45) is 0 Å². The summed E-state index contributed by atoms with van der Waals surface area (Å²) in [5.74, 6) is 1.24. The van der Waals surface area contributed by atoms with Crippen molar-refractivity contribution in [3.05, 3.63) is 150 Å². The quantitative estimate of drug-likeness (QED) is 0.133. The van der Waals surface area contributed by atoms with E-state index in [2.05, 4.69) is 129 Å². The van der Waals surface area contributed by atoms with Gasteiger partial charge in [-0.05, 0) is 47.5 Å². The Bertz CT molecular complexity index is 2020. The Balaban J connectivity index is 0.000000216.